The molecule has 264 valence electrons. The van der Waals surface area contributed by atoms with E-state index in [2.05, 4.69) is 15.0 Å². The Bertz CT molecular complexity index is 1480. The van der Waals surface area contributed by atoms with Crippen molar-refractivity contribution in [1.29, 1.82) is 0 Å². The second kappa shape index (κ2) is 13.8. The molecule has 16 nitrogen and oxygen atoms in total. The molecular formula is C30H49N6O10P. The maximum atomic E-state index is 13.6. The zero-order chi connectivity index (χ0) is 36.5. The van der Waals surface area contributed by atoms with Crippen LogP contribution in [0, 0.1) is 0 Å². The van der Waals surface area contributed by atoms with Gasteiger partial charge in [0.05, 0.1) is 26.1 Å². The van der Waals surface area contributed by atoms with E-state index in [0.29, 0.717) is 9.80 Å². The lowest BCUT2D eigenvalue weighted by atomic mass is 10.2. The summed E-state index contributed by atoms with van der Waals surface area (Å²) in [5.74, 6) is -1.16. The monoisotopic (exact) mass is 684 g/mol. The molecular weight excluding hydrogens is 635 g/mol. The normalized spacial score (nSPS) is 13.5. The van der Waals surface area contributed by atoms with Gasteiger partial charge in [0.25, 0.3) is 0 Å². The Balaban J connectivity index is 3.01. The third-order valence-corrected chi connectivity index (χ3v) is 6.51. The van der Waals surface area contributed by atoms with Crippen molar-refractivity contribution in [3.05, 3.63) is 6.33 Å². The highest BCUT2D eigenvalue weighted by atomic mass is 31.2. The van der Waals surface area contributed by atoms with Crippen molar-refractivity contribution in [2.45, 2.75) is 118 Å². The number of ether oxygens (including phenoxy) is 4. The molecule has 0 bridgehead atoms. The summed E-state index contributed by atoms with van der Waals surface area (Å²) in [7, 11) is -2.66. The Hall–Kier alpha value is -3.78. The first-order valence-electron chi connectivity index (χ1n) is 14.9. The summed E-state index contributed by atoms with van der Waals surface area (Å²) in [6.07, 6.45) is -4.77. The topological polar surface area (TPSA) is 193 Å². The summed E-state index contributed by atoms with van der Waals surface area (Å²) in [6.45, 7) is 21.9. The average molecular weight is 685 g/mol. The van der Waals surface area contributed by atoms with Crippen LogP contribution < -0.4 is 9.80 Å². The van der Waals surface area contributed by atoms with Crippen molar-refractivity contribution < 1.29 is 47.8 Å². The number of aliphatic hydroxyl groups is 1. The number of hydrogen-bond donors (Lipinski definition) is 1. The molecule has 2 aromatic heterocycles. The Morgan fingerprint density at radius 1 is 0.745 bits per heavy atom. The van der Waals surface area contributed by atoms with E-state index in [1.54, 1.807) is 83.1 Å². The lowest BCUT2D eigenvalue weighted by molar-refractivity contribution is 0.0411. The summed E-state index contributed by atoms with van der Waals surface area (Å²) in [4.78, 5) is 68.3. The van der Waals surface area contributed by atoms with Crippen molar-refractivity contribution in [3.8, 4) is 0 Å². The van der Waals surface area contributed by atoms with Gasteiger partial charge in [-0.1, -0.05) is 0 Å². The quantitative estimate of drug-likeness (QED) is 0.269. The number of aromatic nitrogens is 4. The highest BCUT2D eigenvalue weighted by Crippen LogP contribution is 2.37. The number of rotatable bonds is 6. The number of anilines is 2. The molecule has 0 aromatic carbocycles. The summed E-state index contributed by atoms with van der Waals surface area (Å²) in [6, 6.07) is 0. The van der Waals surface area contributed by atoms with Gasteiger partial charge in [-0.3, -0.25) is 0 Å². The van der Waals surface area contributed by atoms with E-state index in [1.165, 1.54) is 24.2 Å². The van der Waals surface area contributed by atoms with Gasteiger partial charge in [0.1, 0.15) is 22.4 Å². The van der Waals surface area contributed by atoms with Crippen molar-refractivity contribution in [3.63, 3.8) is 0 Å². The van der Waals surface area contributed by atoms with Crippen molar-refractivity contribution in [2.24, 2.45) is 0 Å². The molecule has 47 heavy (non-hydrogen) atoms. The molecule has 0 aliphatic heterocycles. The highest BCUT2D eigenvalue weighted by molar-refractivity contribution is 7.62. The fraction of sp³-hybridized carbons (Fsp3) is 0.700. The van der Waals surface area contributed by atoms with Crippen molar-refractivity contribution in [2.75, 3.05) is 29.3 Å². The molecule has 2 aromatic rings. The van der Waals surface area contributed by atoms with Gasteiger partial charge in [0.2, 0.25) is 5.95 Å². The fourth-order valence-electron chi connectivity index (χ4n) is 3.82. The van der Waals surface area contributed by atoms with Crippen LogP contribution in [0.4, 0.5) is 30.9 Å². The molecule has 0 saturated heterocycles. The van der Waals surface area contributed by atoms with Gasteiger partial charge in [-0.25, -0.2) is 24.2 Å². The van der Waals surface area contributed by atoms with Crippen LogP contribution in [0.2, 0.25) is 0 Å². The number of fused-ring (bicyclic) bond motifs is 1. The summed E-state index contributed by atoms with van der Waals surface area (Å²) >= 11 is 0. The molecule has 0 spiro atoms. The molecule has 0 fully saturated rings. The van der Waals surface area contributed by atoms with Crippen molar-refractivity contribution in [1.82, 2.24) is 19.5 Å². The minimum absolute atomic E-state index is 0.0403. The van der Waals surface area contributed by atoms with Crippen molar-refractivity contribution >= 4 is 54.4 Å². The Morgan fingerprint density at radius 2 is 1.13 bits per heavy atom. The molecule has 0 unspecified atom stereocenters. The standard InChI is InChI=1S/C30H49N6O10P/c1-27(2,3)43-23(38)35(24(39)44-28(4,5)6)21-19-20(34(17-31-19)15-18(37)16-47(13,14)42)32-22(33-21)36(25(40)45-29(7,8)9)26(41)46-30(10,11)12/h17-18,37H,15-16H2,1-14H3/t18-/m0/s1. The first-order valence-corrected chi connectivity index (χ1v) is 17.7. The molecule has 4 amide bonds. The number of carbonyl (C=O) groups is 4. The Labute approximate surface area is 275 Å². The van der Waals surface area contributed by atoms with Gasteiger partial charge in [-0.05, 0) is 96.4 Å². The predicted molar refractivity (Wildman–Crippen MR) is 176 cm³/mol. The first kappa shape index (κ1) is 39.4. The average Bonchev–Trinajstić information content (AvgIpc) is 3.15. The Morgan fingerprint density at radius 3 is 1.49 bits per heavy atom. The van der Waals surface area contributed by atoms with E-state index in [-0.39, 0.29) is 23.9 Å². The predicted octanol–water partition coefficient (Wildman–Crippen LogP) is 6.16. The zero-order valence-corrected chi connectivity index (χ0v) is 30.7. The van der Waals surface area contributed by atoms with Crippen LogP contribution >= 0.6 is 7.14 Å². The molecule has 1 atom stereocenters. The van der Waals surface area contributed by atoms with Gasteiger partial charge < -0.3 is 33.2 Å². The van der Waals surface area contributed by atoms with Crippen LogP contribution in [0.3, 0.4) is 0 Å². The maximum Gasteiger partial charge on any atom is 0.427 e. The molecule has 2 rings (SSSR count). The number of aliphatic hydroxyl groups excluding tert-OH is 1. The van der Waals surface area contributed by atoms with E-state index in [1.807, 2.05) is 0 Å². The number of carbonyl (C=O) groups excluding carboxylic acids is 4. The number of nitrogens with zero attached hydrogens (tertiary/aromatic N) is 6. The molecule has 0 radical (unpaired) electrons. The molecule has 17 heteroatoms. The smallest absolute Gasteiger partial charge is 0.427 e. The fourth-order valence-corrected chi connectivity index (χ4v) is 4.95. The third-order valence-electron chi connectivity index (χ3n) is 5.21. The van der Waals surface area contributed by atoms with Crippen LogP contribution in [0.15, 0.2) is 6.33 Å². The van der Waals surface area contributed by atoms with E-state index < -0.39 is 71.8 Å². The summed E-state index contributed by atoms with van der Waals surface area (Å²) < 4.78 is 35.8. The van der Waals surface area contributed by atoms with E-state index in [4.69, 9.17) is 18.9 Å². The minimum atomic E-state index is -2.66. The number of imidazole rings is 1. The van der Waals surface area contributed by atoms with Crippen LogP contribution in [-0.2, 0) is 30.1 Å². The van der Waals surface area contributed by atoms with Gasteiger partial charge in [-0.15, -0.1) is 4.90 Å². The summed E-state index contributed by atoms with van der Waals surface area (Å²) in [5.41, 5.74) is -4.58. The number of imide groups is 2. The molecule has 0 saturated carbocycles. The third kappa shape index (κ3) is 12.4. The number of amides is 4. The number of hydrogen-bond acceptors (Lipinski definition) is 13. The molecule has 0 aliphatic rings. The van der Waals surface area contributed by atoms with Crippen LogP contribution in [0.5, 0.6) is 0 Å². The van der Waals surface area contributed by atoms with Crippen LogP contribution in [0.25, 0.3) is 11.2 Å². The van der Waals surface area contributed by atoms with E-state index in [9.17, 15) is 28.8 Å². The first-order chi connectivity index (χ1) is 21.0. The maximum absolute atomic E-state index is 13.6. The minimum Gasteiger partial charge on any atom is -0.443 e. The molecule has 1 N–H and O–H groups in total. The van der Waals surface area contributed by atoms with Gasteiger partial charge in [0.15, 0.2) is 17.0 Å². The largest absolute Gasteiger partial charge is 0.443 e. The zero-order valence-electron chi connectivity index (χ0n) is 29.8. The summed E-state index contributed by atoms with van der Waals surface area (Å²) in [5, 5.41) is 10.8. The SMILES string of the molecule is CC(C)(C)OC(=O)N(C(=O)OC(C)(C)C)c1nc(N(C(=O)OC(C)(C)C)C(=O)OC(C)(C)C)c2ncn(C[C@H](O)CP(C)(C)=O)c2n1. The highest BCUT2D eigenvalue weighted by Gasteiger charge is 2.40. The lowest BCUT2D eigenvalue weighted by Crippen LogP contribution is -2.46. The van der Waals surface area contributed by atoms with E-state index in [0.717, 1.165) is 0 Å². The lowest BCUT2D eigenvalue weighted by Gasteiger charge is -2.29. The van der Waals surface area contributed by atoms with Crippen LogP contribution in [0.1, 0.15) is 83.1 Å². The van der Waals surface area contributed by atoms with Gasteiger partial charge >= 0.3 is 24.4 Å². The Kier molecular flexibility index (Phi) is 11.5. The van der Waals surface area contributed by atoms with E-state index >= 15 is 0 Å². The second-order valence-electron chi connectivity index (χ2n) is 15.4. The van der Waals surface area contributed by atoms with Crippen LogP contribution in [-0.4, -0.2) is 97.0 Å². The molecule has 2 heterocycles. The van der Waals surface area contributed by atoms with Gasteiger partial charge in [0, 0.05) is 6.16 Å². The second-order valence-corrected chi connectivity index (χ2v) is 18.9. The van der Waals surface area contributed by atoms with Gasteiger partial charge in [-0.2, -0.15) is 14.9 Å². The molecule has 0 aliphatic carbocycles.